The van der Waals surface area contributed by atoms with E-state index in [1.165, 1.54) is 17.0 Å². The van der Waals surface area contributed by atoms with E-state index >= 15 is 0 Å². The van der Waals surface area contributed by atoms with E-state index in [9.17, 15) is 14.0 Å². The molecular weight excluding hydrogens is 335 g/mol. The molecule has 0 unspecified atom stereocenters. The molecule has 2 aliphatic heterocycles. The first-order valence-corrected chi connectivity index (χ1v) is 8.56. The lowest BCUT2D eigenvalue weighted by Gasteiger charge is -2.19. The smallest absolute Gasteiger partial charge is 0.266 e. The summed E-state index contributed by atoms with van der Waals surface area (Å²) in [4.78, 5) is 28.0. The number of thioether (sulfide) groups is 1. The van der Waals surface area contributed by atoms with Gasteiger partial charge in [0.25, 0.3) is 5.91 Å². The number of benzene rings is 1. The molecule has 2 saturated heterocycles. The maximum absolute atomic E-state index is 13.7. The maximum Gasteiger partial charge on any atom is 0.266 e. The molecule has 4 nitrogen and oxygen atoms in total. The van der Waals surface area contributed by atoms with Crippen molar-refractivity contribution in [1.29, 1.82) is 0 Å². The van der Waals surface area contributed by atoms with E-state index in [1.54, 1.807) is 23.1 Å². The van der Waals surface area contributed by atoms with Crippen LogP contribution >= 0.6 is 24.0 Å². The van der Waals surface area contributed by atoms with E-state index in [2.05, 4.69) is 0 Å². The molecule has 0 atom stereocenters. The van der Waals surface area contributed by atoms with Gasteiger partial charge in [-0.1, -0.05) is 42.2 Å². The molecule has 2 amide bonds. The van der Waals surface area contributed by atoms with Crippen LogP contribution in [0.3, 0.4) is 0 Å². The Morgan fingerprint density at radius 3 is 2.70 bits per heavy atom. The summed E-state index contributed by atoms with van der Waals surface area (Å²) in [6.45, 7) is 1.43. The van der Waals surface area contributed by atoms with Crippen molar-refractivity contribution in [3.63, 3.8) is 0 Å². The van der Waals surface area contributed by atoms with Crippen LogP contribution < -0.4 is 0 Å². The molecule has 0 radical (unpaired) electrons. The van der Waals surface area contributed by atoms with Crippen LogP contribution in [0.1, 0.15) is 18.4 Å². The van der Waals surface area contributed by atoms with Gasteiger partial charge in [-0.05, 0) is 25.0 Å². The van der Waals surface area contributed by atoms with E-state index in [4.69, 9.17) is 12.2 Å². The van der Waals surface area contributed by atoms with Gasteiger partial charge in [0.1, 0.15) is 16.7 Å². The monoisotopic (exact) mass is 350 g/mol. The van der Waals surface area contributed by atoms with Crippen molar-refractivity contribution in [3.05, 3.63) is 40.6 Å². The van der Waals surface area contributed by atoms with Crippen LogP contribution in [0.4, 0.5) is 4.39 Å². The highest BCUT2D eigenvalue weighted by Crippen LogP contribution is 2.32. The van der Waals surface area contributed by atoms with E-state index in [0.717, 1.165) is 37.7 Å². The largest absolute Gasteiger partial charge is 0.341 e. The van der Waals surface area contributed by atoms with Gasteiger partial charge in [0.2, 0.25) is 5.91 Å². The Morgan fingerprint density at radius 2 is 2.00 bits per heavy atom. The third-order valence-corrected chi connectivity index (χ3v) is 5.20. The van der Waals surface area contributed by atoms with E-state index < -0.39 is 5.82 Å². The number of carbonyl (C=O) groups is 2. The van der Waals surface area contributed by atoms with Gasteiger partial charge in [0, 0.05) is 18.7 Å². The Bertz CT molecular complexity index is 699. The summed E-state index contributed by atoms with van der Waals surface area (Å²) in [5.74, 6) is -0.826. The van der Waals surface area contributed by atoms with Crippen molar-refractivity contribution in [1.82, 2.24) is 9.80 Å². The van der Waals surface area contributed by atoms with Gasteiger partial charge in [0.15, 0.2) is 0 Å². The van der Waals surface area contributed by atoms with Crippen LogP contribution in [0.5, 0.6) is 0 Å². The first-order valence-electron chi connectivity index (χ1n) is 7.34. The van der Waals surface area contributed by atoms with Crippen molar-refractivity contribution in [2.75, 3.05) is 19.6 Å². The first-order chi connectivity index (χ1) is 11.1. The fourth-order valence-electron chi connectivity index (χ4n) is 2.57. The Kier molecular flexibility index (Phi) is 4.77. The van der Waals surface area contributed by atoms with Crippen molar-refractivity contribution in [2.24, 2.45) is 0 Å². The molecule has 0 aromatic heterocycles. The number of rotatable bonds is 3. The fraction of sp³-hybridized carbons (Fsp3) is 0.312. The topological polar surface area (TPSA) is 40.6 Å². The summed E-state index contributed by atoms with van der Waals surface area (Å²) in [6.07, 6.45) is 3.48. The van der Waals surface area contributed by atoms with E-state index in [-0.39, 0.29) is 18.4 Å². The van der Waals surface area contributed by atoms with Crippen molar-refractivity contribution < 1.29 is 14.0 Å². The number of nitrogens with zero attached hydrogens (tertiary/aromatic N) is 2. The van der Waals surface area contributed by atoms with Gasteiger partial charge >= 0.3 is 0 Å². The summed E-state index contributed by atoms with van der Waals surface area (Å²) >= 11 is 6.30. The number of hydrogen-bond donors (Lipinski definition) is 0. The first kappa shape index (κ1) is 16.1. The SMILES string of the molecule is O=C(CN1C(=O)/C(=C/c2ccccc2F)SC1=S)N1CCCC1. The predicted octanol–water partition coefficient (Wildman–Crippen LogP) is 2.65. The molecule has 0 aliphatic carbocycles. The summed E-state index contributed by atoms with van der Waals surface area (Å²) in [7, 11) is 0. The average Bonchev–Trinajstić information content (AvgIpc) is 3.14. The van der Waals surface area contributed by atoms with Crippen LogP contribution in [0, 0.1) is 5.82 Å². The Morgan fingerprint density at radius 1 is 1.30 bits per heavy atom. The van der Waals surface area contributed by atoms with Gasteiger partial charge in [-0.2, -0.15) is 0 Å². The zero-order valence-corrected chi connectivity index (χ0v) is 14.0. The number of hydrogen-bond acceptors (Lipinski definition) is 4. The van der Waals surface area contributed by atoms with Crippen molar-refractivity contribution in [3.8, 4) is 0 Å². The third-order valence-electron chi connectivity index (χ3n) is 3.82. The summed E-state index contributed by atoms with van der Waals surface area (Å²) in [6, 6.07) is 6.22. The maximum atomic E-state index is 13.7. The molecule has 2 heterocycles. The van der Waals surface area contributed by atoms with Gasteiger partial charge in [0.05, 0.1) is 4.91 Å². The molecule has 0 saturated carbocycles. The van der Waals surface area contributed by atoms with Crippen molar-refractivity contribution >= 4 is 46.2 Å². The molecule has 1 aromatic carbocycles. The number of amides is 2. The summed E-state index contributed by atoms with van der Waals surface area (Å²) in [5, 5.41) is 0. The zero-order chi connectivity index (χ0) is 16.4. The molecule has 7 heteroatoms. The highest BCUT2D eigenvalue weighted by atomic mass is 32.2. The minimum absolute atomic E-state index is 0.0424. The third kappa shape index (κ3) is 3.45. The lowest BCUT2D eigenvalue weighted by atomic mass is 10.2. The summed E-state index contributed by atoms with van der Waals surface area (Å²) in [5.41, 5.74) is 0.332. The molecule has 2 fully saturated rings. The van der Waals surface area contributed by atoms with Crippen LogP contribution in [0.15, 0.2) is 29.2 Å². The Labute approximate surface area is 143 Å². The second-order valence-electron chi connectivity index (χ2n) is 5.38. The van der Waals surface area contributed by atoms with Gasteiger partial charge in [-0.3, -0.25) is 14.5 Å². The van der Waals surface area contributed by atoms with Crippen LogP contribution in [0.2, 0.25) is 0 Å². The number of thiocarbonyl (C=S) groups is 1. The second kappa shape index (κ2) is 6.80. The normalized spacial score (nSPS) is 20.0. The van der Waals surface area contributed by atoms with Gasteiger partial charge < -0.3 is 4.90 Å². The minimum atomic E-state index is -0.397. The summed E-state index contributed by atoms with van der Waals surface area (Å²) < 4.78 is 14.0. The van der Waals surface area contributed by atoms with Gasteiger partial charge in [-0.25, -0.2) is 4.39 Å². The highest BCUT2D eigenvalue weighted by molar-refractivity contribution is 8.26. The number of likely N-dealkylation sites (tertiary alicyclic amines) is 1. The predicted molar refractivity (Wildman–Crippen MR) is 92.1 cm³/mol. The number of carbonyl (C=O) groups excluding carboxylic acids is 2. The molecule has 3 rings (SSSR count). The van der Waals surface area contributed by atoms with E-state index in [0.29, 0.717) is 14.8 Å². The van der Waals surface area contributed by atoms with Crippen LogP contribution in [-0.4, -0.2) is 45.6 Å². The second-order valence-corrected chi connectivity index (χ2v) is 7.05. The van der Waals surface area contributed by atoms with Crippen molar-refractivity contribution in [2.45, 2.75) is 12.8 Å². The standard InChI is InChI=1S/C16H15FN2O2S2/c17-12-6-2-1-5-11(12)9-13-15(21)19(16(22)23-13)10-14(20)18-7-3-4-8-18/h1-2,5-6,9H,3-4,7-8,10H2/b13-9-. The molecule has 1 aromatic rings. The molecule has 23 heavy (non-hydrogen) atoms. The minimum Gasteiger partial charge on any atom is -0.341 e. The van der Waals surface area contributed by atoms with E-state index in [1.807, 2.05) is 0 Å². The molecule has 0 bridgehead atoms. The molecule has 2 aliphatic rings. The van der Waals surface area contributed by atoms with Crippen LogP contribution in [-0.2, 0) is 9.59 Å². The zero-order valence-electron chi connectivity index (χ0n) is 12.3. The Balaban J connectivity index is 1.75. The molecule has 0 spiro atoms. The molecule has 120 valence electrons. The lowest BCUT2D eigenvalue weighted by Crippen LogP contribution is -2.40. The fourth-order valence-corrected chi connectivity index (χ4v) is 3.82. The molecule has 0 N–H and O–H groups in total. The molecular formula is C16H15FN2O2S2. The highest BCUT2D eigenvalue weighted by Gasteiger charge is 2.34. The number of halogens is 1. The lowest BCUT2D eigenvalue weighted by molar-refractivity contribution is -0.134. The van der Waals surface area contributed by atoms with Gasteiger partial charge in [-0.15, -0.1) is 0 Å². The Hall–Kier alpha value is -1.73. The average molecular weight is 350 g/mol. The van der Waals surface area contributed by atoms with Crippen LogP contribution in [0.25, 0.3) is 6.08 Å². The quantitative estimate of drug-likeness (QED) is 0.621.